The largest absolute Gasteiger partial charge is 0.341 e. The molecule has 0 unspecified atom stereocenters. The van der Waals surface area contributed by atoms with Crippen LogP contribution in [0.5, 0.6) is 0 Å². The number of hydrogen-bond acceptors (Lipinski definition) is 4. The number of carbonyl (C=O) groups is 2. The van der Waals surface area contributed by atoms with Crippen LogP contribution in [0.15, 0.2) is 35.7 Å². The molecule has 0 radical (unpaired) electrons. The van der Waals surface area contributed by atoms with Crippen LogP contribution in [-0.2, 0) is 0 Å². The lowest BCUT2D eigenvalue weighted by Crippen LogP contribution is -2.28. The van der Waals surface area contributed by atoms with Crippen LogP contribution < -0.4 is 5.32 Å². The van der Waals surface area contributed by atoms with E-state index >= 15 is 0 Å². The van der Waals surface area contributed by atoms with E-state index in [4.69, 9.17) is 5.26 Å². The smallest absolute Gasteiger partial charge is 0.256 e. The minimum atomic E-state index is -0.244. The first-order chi connectivity index (χ1) is 11.9. The van der Waals surface area contributed by atoms with Gasteiger partial charge in [0.05, 0.1) is 18.1 Å². The molecule has 0 fully saturated rings. The standard InChI is InChI=1S/C19H21N3O2S/c1-13(2)14-5-7-15(8-6-14)17(23)21-18-16(9-12-25-18)19(24)22(3)11-4-10-20/h5-9,12-13H,4,11H2,1-3H3,(H,21,23). The minimum Gasteiger partial charge on any atom is -0.341 e. The maximum absolute atomic E-state index is 12.4. The lowest BCUT2D eigenvalue weighted by Gasteiger charge is -2.16. The van der Waals surface area contributed by atoms with E-state index in [2.05, 4.69) is 19.2 Å². The fraction of sp³-hybridized carbons (Fsp3) is 0.316. The number of amides is 2. The molecule has 0 saturated heterocycles. The number of anilines is 1. The molecule has 0 atom stereocenters. The second-order valence-corrected chi connectivity index (χ2v) is 6.95. The predicted molar refractivity (Wildman–Crippen MR) is 100.0 cm³/mol. The second kappa shape index (κ2) is 8.45. The molecule has 2 rings (SSSR count). The Hall–Kier alpha value is -2.65. The Labute approximate surface area is 151 Å². The van der Waals surface area contributed by atoms with E-state index in [9.17, 15) is 9.59 Å². The van der Waals surface area contributed by atoms with Gasteiger partial charge in [-0.15, -0.1) is 11.3 Å². The molecule has 0 spiro atoms. The molecule has 2 aromatic rings. The highest BCUT2D eigenvalue weighted by atomic mass is 32.1. The zero-order chi connectivity index (χ0) is 18.4. The van der Waals surface area contributed by atoms with Crippen molar-refractivity contribution in [3.05, 3.63) is 52.4 Å². The summed E-state index contributed by atoms with van der Waals surface area (Å²) in [5.74, 6) is -0.0454. The number of benzene rings is 1. The zero-order valence-corrected chi connectivity index (χ0v) is 15.4. The van der Waals surface area contributed by atoms with Gasteiger partial charge in [0, 0.05) is 19.2 Å². The number of nitrogens with one attached hydrogen (secondary N) is 1. The molecule has 25 heavy (non-hydrogen) atoms. The average Bonchev–Trinajstić information content (AvgIpc) is 3.06. The molecule has 6 heteroatoms. The molecular formula is C19H21N3O2S. The third kappa shape index (κ3) is 4.68. The molecule has 1 N–H and O–H groups in total. The zero-order valence-electron chi connectivity index (χ0n) is 14.6. The van der Waals surface area contributed by atoms with Crippen molar-refractivity contribution in [1.82, 2.24) is 4.90 Å². The van der Waals surface area contributed by atoms with Gasteiger partial charge in [0.1, 0.15) is 5.00 Å². The molecule has 5 nitrogen and oxygen atoms in total. The molecular weight excluding hydrogens is 334 g/mol. The third-order valence-corrected chi connectivity index (χ3v) is 4.70. The second-order valence-electron chi connectivity index (χ2n) is 6.03. The molecule has 1 heterocycles. The first-order valence-corrected chi connectivity index (χ1v) is 8.93. The molecule has 130 valence electrons. The van der Waals surface area contributed by atoms with Gasteiger partial charge in [-0.25, -0.2) is 0 Å². The predicted octanol–water partition coefficient (Wildman–Crippen LogP) is 4.11. The molecule has 2 amide bonds. The highest BCUT2D eigenvalue weighted by molar-refractivity contribution is 7.14. The van der Waals surface area contributed by atoms with Crippen LogP contribution in [0.25, 0.3) is 0 Å². The third-order valence-electron chi connectivity index (χ3n) is 3.87. The van der Waals surface area contributed by atoms with Crippen molar-refractivity contribution in [2.75, 3.05) is 18.9 Å². The van der Waals surface area contributed by atoms with Gasteiger partial charge in [-0.05, 0) is 35.1 Å². The summed E-state index contributed by atoms with van der Waals surface area (Å²) in [5, 5.41) is 13.7. The lowest BCUT2D eigenvalue weighted by molar-refractivity contribution is 0.0799. The van der Waals surface area contributed by atoms with E-state index < -0.39 is 0 Å². The van der Waals surface area contributed by atoms with Gasteiger partial charge < -0.3 is 10.2 Å². The number of hydrogen-bond donors (Lipinski definition) is 1. The van der Waals surface area contributed by atoms with Crippen molar-refractivity contribution < 1.29 is 9.59 Å². The van der Waals surface area contributed by atoms with Crippen molar-refractivity contribution in [1.29, 1.82) is 5.26 Å². The van der Waals surface area contributed by atoms with E-state index in [1.165, 1.54) is 21.8 Å². The Morgan fingerprint density at radius 1 is 1.24 bits per heavy atom. The Morgan fingerprint density at radius 3 is 2.52 bits per heavy atom. The highest BCUT2D eigenvalue weighted by Gasteiger charge is 2.19. The number of nitriles is 1. The van der Waals surface area contributed by atoms with E-state index in [1.54, 1.807) is 30.6 Å². The fourth-order valence-electron chi connectivity index (χ4n) is 2.29. The summed E-state index contributed by atoms with van der Waals surface area (Å²) >= 11 is 1.31. The van der Waals surface area contributed by atoms with Crippen LogP contribution in [0.3, 0.4) is 0 Å². The number of rotatable bonds is 6. The van der Waals surface area contributed by atoms with Crippen LogP contribution in [0, 0.1) is 11.3 Å². The summed E-state index contributed by atoms with van der Waals surface area (Å²) in [4.78, 5) is 26.4. The Morgan fingerprint density at radius 2 is 1.92 bits per heavy atom. The van der Waals surface area contributed by atoms with Crippen molar-refractivity contribution >= 4 is 28.2 Å². The van der Waals surface area contributed by atoms with Crippen molar-refractivity contribution in [3.8, 4) is 6.07 Å². The summed E-state index contributed by atoms with van der Waals surface area (Å²) < 4.78 is 0. The molecule has 0 aliphatic carbocycles. The Kier molecular flexibility index (Phi) is 6.31. The van der Waals surface area contributed by atoms with Crippen LogP contribution in [0.2, 0.25) is 0 Å². The molecule has 0 aliphatic heterocycles. The van der Waals surface area contributed by atoms with Gasteiger partial charge >= 0.3 is 0 Å². The summed E-state index contributed by atoms with van der Waals surface area (Å²) in [6.45, 7) is 4.55. The number of thiophene rings is 1. The quantitative estimate of drug-likeness (QED) is 0.847. The maximum Gasteiger partial charge on any atom is 0.256 e. The van der Waals surface area contributed by atoms with Gasteiger partial charge in [0.2, 0.25) is 0 Å². The Bertz CT molecular complexity index is 788. The first kappa shape index (κ1) is 18.7. The van der Waals surface area contributed by atoms with E-state index in [1.807, 2.05) is 18.2 Å². The average molecular weight is 355 g/mol. The molecule has 0 bridgehead atoms. The minimum absolute atomic E-state index is 0.207. The van der Waals surface area contributed by atoms with Crippen LogP contribution >= 0.6 is 11.3 Å². The maximum atomic E-state index is 12.4. The summed E-state index contributed by atoms with van der Waals surface area (Å²) in [5.41, 5.74) is 2.16. The number of carbonyl (C=O) groups excluding carboxylic acids is 2. The summed E-state index contributed by atoms with van der Waals surface area (Å²) in [6, 6.07) is 11.2. The SMILES string of the molecule is CC(C)c1ccc(C(=O)Nc2sccc2C(=O)N(C)CCC#N)cc1. The van der Waals surface area contributed by atoms with Gasteiger partial charge in [-0.1, -0.05) is 26.0 Å². The van der Waals surface area contributed by atoms with Gasteiger partial charge in [-0.3, -0.25) is 9.59 Å². The molecule has 1 aromatic carbocycles. The molecule has 0 aliphatic rings. The number of nitrogens with zero attached hydrogens (tertiary/aromatic N) is 2. The normalized spacial score (nSPS) is 10.4. The van der Waals surface area contributed by atoms with Gasteiger partial charge in [-0.2, -0.15) is 5.26 Å². The van der Waals surface area contributed by atoms with E-state index in [-0.39, 0.29) is 18.2 Å². The van der Waals surface area contributed by atoms with Crippen LogP contribution in [0.1, 0.15) is 52.5 Å². The van der Waals surface area contributed by atoms with E-state index in [0.29, 0.717) is 28.6 Å². The van der Waals surface area contributed by atoms with Crippen LogP contribution in [-0.4, -0.2) is 30.3 Å². The summed E-state index contributed by atoms with van der Waals surface area (Å²) in [7, 11) is 1.65. The van der Waals surface area contributed by atoms with Crippen molar-refractivity contribution in [2.45, 2.75) is 26.2 Å². The summed E-state index contributed by atoms with van der Waals surface area (Å²) in [6.07, 6.45) is 0.274. The van der Waals surface area contributed by atoms with Gasteiger partial charge in [0.15, 0.2) is 0 Å². The molecule has 1 aromatic heterocycles. The highest BCUT2D eigenvalue weighted by Crippen LogP contribution is 2.25. The first-order valence-electron chi connectivity index (χ1n) is 8.05. The van der Waals surface area contributed by atoms with Crippen molar-refractivity contribution in [2.24, 2.45) is 0 Å². The molecule has 0 saturated carbocycles. The Balaban J connectivity index is 2.11. The van der Waals surface area contributed by atoms with Gasteiger partial charge in [0.25, 0.3) is 11.8 Å². The monoisotopic (exact) mass is 355 g/mol. The van der Waals surface area contributed by atoms with Crippen molar-refractivity contribution in [3.63, 3.8) is 0 Å². The fourth-order valence-corrected chi connectivity index (χ4v) is 3.07. The lowest BCUT2D eigenvalue weighted by atomic mass is 10.0. The van der Waals surface area contributed by atoms with Crippen LogP contribution in [0.4, 0.5) is 5.00 Å². The van der Waals surface area contributed by atoms with E-state index in [0.717, 1.165) is 0 Å². The topological polar surface area (TPSA) is 73.2 Å².